The molecule has 0 amide bonds. The molecule has 0 aliphatic heterocycles. The van der Waals surface area contributed by atoms with Crippen LogP contribution in [0.15, 0.2) is 71.2 Å². The average molecular weight is 469 g/mol. The van der Waals surface area contributed by atoms with Gasteiger partial charge in [0.1, 0.15) is 6.61 Å². The molecule has 3 aromatic carbocycles. The zero-order chi connectivity index (χ0) is 20.6. The number of nitriles is 1. The lowest BCUT2D eigenvalue weighted by molar-refractivity contribution is 0.269. The monoisotopic (exact) mass is 467 g/mol. The highest BCUT2D eigenvalue weighted by molar-refractivity contribution is 9.10. The number of benzene rings is 3. The van der Waals surface area contributed by atoms with E-state index in [1.807, 2.05) is 79.7 Å². The molecule has 3 aromatic rings. The van der Waals surface area contributed by atoms with E-state index in [2.05, 4.69) is 22.0 Å². The first-order valence-corrected chi connectivity index (χ1v) is 10.3. The quantitative estimate of drug-likeness (QED) is 0.273. The van der Waals surface area contributed by atoms with Gasteiger partial charge in [-0.2, -0.15) is 5.26 Å². The maximum absolute atomic E-state index is 9.57. The Labute approximate surface area is 184 Å². The van der Waals surface area contributed by atoms with Gasteiger partial charge in [0.2, 0.25) is 0 Å². The summed E-state index contributed by atoms with van der Waals surface area (Å²) in [4.78, 5) is 0. The Morgan fingerprint density at radius 3 is 2.38 bits per heavy atom. The van der Waals surface area contributed by atoms with Gasteiger partial charge in [0, 0.05) is 9.50 Å². The molecule has 0 fully saturated rings. The van der Waals surface area contributed by atoms with Crippen LogP contribution in [-0.4, -0.2) is 6.61 Å². The molecule has 0 atom stereocenters. The summed E-state index contributed by atoms with van der Waals surface area (Å²) in [6, 6.07) is 23.1. The van der Waals surface area contributed by atoms with E-state index in [4.69, 9.17) is 21.1 Å². The molecule has 0 saturated heterocycles. The number of halogens is 2. The van der Waals surface area contributed by atoms with Crippen LogP contribution >= 0.6 is 27.5 Å². The Bertz CT molecular complexity index is 1040. The Kier molecular flexibility index (Phi) is 7.35. The number of hydrogen-bond acceptors (Lipinski definition) is 3. The normalized spacial score (nSPS) is 11.0. The smallest absolute Gasteiger partial charge is 0.161 e. The third-order valence-corrected chi connectivity index (χ3v) is 4.94. The van der Waals surface area contributed by atoms with Crippen LogP contribution in [0.5, 0.6) is 11.5 Å². The summed E-state index contributed by atoms with van der Waals surface area (Å²) in [6.07, 6.45) is 1.84. The highest BCUT2D eigenvalue weighted by Gasteiger charge is 2.08. The first kappa shape index (κ1) is 21.0. The molecule has 3 nitrogen and oxygen atoms in total. The number of allylic oxidation sites excluding steroid dienone is 1. The fourth-order valence-electron chi connectivity index (χ4n) is 2.72. The van der Waals surface area contributed by atoms with E-state index in [0.717, 1.165) is 21.2 Å². The Morgan fingerprint density at radius 2 is 1.72 bits per heavy atom. The van der Waals surface area contributed by atoms with Gasteiger partial charge in [-0.1, -0.05) is 57.9 Å². The molecule has 0 saturated carbocycles. The van der Waals surface area contributed by atoms with Gasteiger partial charge in [0.25, 0.3) is 0 Å². The summed E-state index contributed by atoms with van der Waals surface area (Å²) in [7, 11) is 0. The van der Waals surface area contributed by atoms with Crippen molar-refractivity contribution >= 4 is 39.2 Å². The molecular formula is C24H19BrClNO2. The van der Waals surface area contributed by atoms with E-state index >= 15 is 0 Å². The van der Waals surface area contributed by atoms with Crippen molar-refractivity contribution in [2.75, 3.05) is 6.61 Å². The molecule has 0 unspecified atom stereocenters. The van der Waals surface area contributed by atoms with Crippen LogP contribution in [0.1, 0.15) is 23.6 Å². The molecule has 0 aliphatic rings. The SMILES string of the molecule is CCOc1cc(/C=C(/C#N)c2ccc(Br)cc2)ccc1OCc1ccc(Cl)cc1. The third-order valence-electron chi connectivity index (χ3n) is 4.16. The van der Waals surface area contributed by atoms with Gasteiger partial charge in [0.05, 0.1) is 18.2 Å². The van der Waals surface area contributed by atoms with E-state index in [0.29, 0.717) is 35.3 Å². The van der Waals surface area contributed by atoms with Gasteiger partial charge < -0.3 is 9.47 Å². The summed E-state index contributed by atoms with van der Waals surface area (Å²) in [5, 5.41) is 10.3. The number of nitrogens with zero attached hydrogens (tertiary/aromatic N) is 1. The molecule has 0 heterocycles. The summed E-state index contributed by atoms with van der Waals surface area (Å²) in [6.45, 7) is 2.85. The predicted molar refractivity (Wildman–Crippen MR) is 121 cm³/mol. The van der Waals surface area contributed by atoms with Crippen molar-refractivity contribution in [3.63, 3.8) is 0 Å². The summed E-state index contributed by atoms with van der Waals surface area (Å²) < 4.78 is 12.7. The molecule has 3 rings (SSSR count). The van der Waals surface area contributed by atoms with Gasteiger partial charge in [-0.3, -0.25) is 0 Å². The number of rotatable bonds is 7. The zero-order valence-corrected chi connectivity index (χ0v) is 18.2. The van der Waals surface area contributed by atoms with Crippen molar-refractivity contribution < 1.29 is 9.47 Å². The fourth-order valence-corrected chi connectivity index (χ4v) is 3.11. The van der Waals surface area contributed by atoms with E-state index in [1.54, 1.807) is 0 Å². The van der Waals surface area contributed by atoms with Crippen LogP contribution in [0.2, 0.25) is 5.02 Å². The number of hydrogen-bond donors (Lipinski definition) is 0. The van der Waals surface area contributed by atoms with Crippen LogP contribution in [0.4, 0.5) is 0 Å². The van der Waals surface area contributed by atoms with E-state index in [-0.39, 0.29) is 0 Å². The van der Waals surface area contributed by atoms with Crippen molar-refractivity contribution in [1.82, 2.24) is 0 Å². The summed E-state index contributed by atoms with van der Waals surface area (Å²) >= 11 is 9.34. The fraction of sp³-hybridized carbons (Fsp3) is 0.125. The molecule has 146 valence electrons. The zero-order valence-electron chi connectivity index (χ0n) is 15.9. The minimum atomic E-state index is 0.411. The van der Waals surface area contributed by atoms with Crippen molar-refractivity contribution in [2.24, 2.45) is 0 Å². The average Bonchev–Trinajstić information content (AvgIpc) is 2.73. The highest BCUT2D eigenvalue weighted by Crippen LogP contribution is 2.31. The Hall–Kier alpha value is -2.74. The van der Waals surface area contributed by atoms with Crippen molar-refractivity contribution in [3.05, 3.63) is 92.9 Å². The van der Waals surface area contributed by atoms with Crippen molar-refractivity contribution in [2.45, 2.75) is 13.5 Å². The molecule has 0 aliphatic carbocycles. The van der Waals surface area contributed by atoms with Crippen LogP contribution < -0.4 is 9.47 Å². The maximum atomic E-state index is 9.57. The van der Waals surface area contributed by atoms with Gasteiger partial charge >= 0.3 is 0 Å². The maximum Gasteiger partial charge on any atom is 0.161 e. The molecule has 0 bridgehead atoms. The topological polar surface area (TPSA) is 42.2 Å². The van der Waals surface area contributed by atoms with Crippen LogP contribution in [0.25, 0.3) is 11.6 Å². The second-order valence-electron chi connectivity index (χ2n) is 6.23. The van der Waals surface area contributed by atoms with Crippen LogP contribution in [0.3, 0.4) is 0 Å². The second-order valence-corrected chi connectivity index (χ2v) is 7.58. The summed E-state index contributed by atoms with van der Waals surface area (Å²) in [5.74, 6) is 1.30. The van der Waals surface area contributed by atoms with Crippen molar-refractivity contribution in [3.8, 4) is 17.6 Å². The molecule has 0 radical (unpaired) electrons. The summed E-state index contributed by atoms with van der Waals surface area (Å²) in [5.41, 5.74) is 3.32. The molecule has 5 heteroatoms. The highest BCUT2D eigenvalue weighted by atomic mass is 79.9. The Morgan fingerprint density at radius 1 is 1.00 bits per heavy atom. The van der Waals surface area contributed by atoms with Crippen LogP contribution in [0, 0.1) is 11.3 Å². The van der Waals surface area contributed by atoms with Gasteiger partial charge in [-0.05, 0) is 66.1 Å². The first-order valence-electron chi connectivity index (χ1n) is 9.11. The predicted octanol–water partition coefficient (Wildman–Crippen LogP) is 7.14. The van der Waals surface area contributed by atoms with E-state index < -0.39 is 0 Å². The molecule has 0 aromatic heterocycles. The minimum Gasteiger partial charge on any atom is -0.490 e. The first-order chi connectivity index (χ1) is 14.1. The second kappa shape index (κ2) is 10.2. The van der Waals surface area contributed by atoms with Crippen LogP contribution in [-0.2, 0) is 6.61 Å². The third kappa shape index (κ3) is 5.87. The Balaban J connectivity index is 1.83. The minimum absolute atomic E-state index is 0.411. The lowest BCUT2D eigenvalue weighted by atomic mass is 10.0. The van der Waals surface area contributed by atoms with Gasteiger partial charge in [-0.25, -0.2) is 0 Å². The number of ether oxygens (including phenoxy) is 2. The lowest BCUT2D eigenvalue weighted by Crippen LogP contribution is -2.00. The van der Waals surface area contributed by atoms with Crippen molar-refractivity contribution in [1.29, 1.82) is 5.26 Å². The van der Waals surface area contributed by atoms with E-state index in [9.17, 15) is 5.26 Å². The largest absolute Gasteiger partial charge is 0.490 e. The molecule has 0 spiro atoms. The standard InChI is InChI=1S/C24H19BrClNO2/c1-2-28-24-14-18(13-20(15-27)19-6-8-21(25)9-7-19)5-12-23(24)29-16-17-3-10-22(26)11-4-17/h3-14H,2,16H2,1H3/b20-13-. The van der Waals surface area contributed by atoms with Gasteiger partial charge in [0.15, 0.2) is 11.5 Å². The molecule has 29 heavy (non-hydrogen) atoms. The molecule has 0 N–H and O–H groups in total. The van der Waals surface area contributed by atoms with Gasteiger partial charge in [-0.15, -0.1) is 0 Å². The lowest BCUT2D eigenvalue weighted by Gasteiger charge is -2.13. The molecular weight excluding hydrogens is 450 g/mol. The van der Waals surface area contributed by atoms with E-state index in [1.165, 1.54) is 0 Å².